The van der Waals surface area contributed by atoms with Gasteiger partial charge in [0.25, 0.3) is 0 Å². The van der Waals surface area contributed by atoms with E-state index >= 15 is 0 Å². The van der Waals surface area contributed by atoms with Crippen molar-refractivity contribution in [2.75, 3.05) is 18.0 Å². The molecule has 2 aromatic rings. The van der Waals surface area contributed by atoms with Crippen LogP contribution in [0.4, 0.5) is 5.13 Å². The third kappa shape index (κ3) is 3.27. The summed E-state index contributed by atoms with van der Waals surface area (Å²) >= 11 is 1.17. The van der Waals surface area contributed by atoms with Gasteiger partial charge in [-0.2, -0.15) is 0 Å². The van der Waals surface area contributed by atoms with Crippen molar-refractivity contribution >= 4 is 26.5 Å². The molecule has 1 fully saturated rings. The average molecular weight is 351 g/mol. The van der Waals surface area contributed by atoms with Crippen molar-refractivity contribution in [3.8, 4) is 0 Å². The van der Waals surface area contributed by atoms with Crippen molar-refractivity contribution in [3.63, 3.8) is 0 Å². The van der Waals surface area contributed by atoms with Gasteiger partial charge in [0.2, 0.25) is 10.0 Å². The fourth-order valence-electron chi connectivity index (χ4n) is 3.24. The Morgan fingerprint density at radius 3 is 2.65 bits per heavy atom. The van der Waals surface area contributed by atoms with Crippen molar-refractivity contribution in [1.82, 2.24) is 4.98 Å². The van der Waals surface area contributed by atoms with Crippen LogP contribution in [0.2, 0.25) is 0 Å². The molecule has 1 unspecified atom stereocenters. The van der Waals surface area contributed by atoms with Crippen molar-refractivity contribution < 1.29 is 8.42 Å². The number of nitrogens with zero attached hydrogens (tertiary/aromatic N) is 2. The Labute approximate surface area is 141 Å². The summed E-state index contributed by atoms with van der Waals surface area (Å²) in [7, 11) is -3.69. The van der Waals surface area contributed by atoms with Crippen LogP contribution in [0, 0.1) is 20.8 Å². The van der Waals surface area contributed by atoms with E-state index in [0.29, 0.717) is 11.6 Å². The summed E-state index contributed by atoms with van der Waals surface area (Å²) in [6, 6.07) is 6.57. The topological polar surface area (TPSA) is 76.3 Å². The molecule has 5 nitrogen and oxygen atoms in total. The lowest BCUT2D eigenvalue weighted by Gasteiger charge is -2.16. The first-order chi connectivity index (χ1) is 10.8. The fraction of sp³-hybridized carbons (Fsp3) is 0.438. The Kier molecular flexibility index (Phi) is 4.20. The smallest absolute Gasteiger partial charge is 0.249 e. The Morgan fingerprint density at radius 2 is 2.04 bits per heavy atom. The maximum absolute atomic E-state index is 11.6. The van der Waals surface area contributed by atoms with Crippen LogP contribution < -0.4 is 10.0 Å². The number of sulfonamides is 1. The van der Waals surface area contributed by atoms with Crippen LogP contribution in [-0.2, 0) is 10.0 Å². The van der Waals surface area contributed by atoms with E-state index < -0.39 is 10.0 Å². The Morgan fingerprint density at radius 1 is 1.30 bits per heavy atom. The van der Waals surface area contributed by atoms with Gasteiger partial charge in [-0.05, 0) is 38.3 Å². The summed E-state index contributed by atoms with van der Waals surface area (Å²) in [6.07, 6.45) is 1.05. The highest BCUT2D eigenvalue weighted by molar-refractivity contribution is 7.91. The largest absolute Gasteiger partial charge is 0.347 e. The molecule has 1 aromatic heterocycles. The molecule has 0 saturated carbocycles. The van der Waals surface area contributed by atoms with Crippen molar-refractivity contribution in [1.29, 1.82) is 0 Å². The number of nitrogens with two attached hydrogens (primary N) is 1. The minimum Gasteiger partial charge on any atom is -0.347 e. The molecule has 0 aliphatic carbocycles. The number of hydrogen-bond donors (Lipinski definition) is 1. The standard InChI is InChI=1S/C16H21N3O2S2/c1-10-4-5-14(11(2)8-10)13-6-7-19(9-13)16-18-12(3)15(22-16)23(17,20)21/h4-5,8,13H,6-7,9H2,1-3H3,(H2,17,20,21). The van der Waals surface area contributed by atoms with E-state index in [2.05, 4.69) is 41.9 Å². The first kappa shape index (κ1) is 16.4. The number of primary sulfonamides is 1. The molecule has 1 aromatic carbocycles. The minimum atomic E-state index is -3.69. The highest BCUT2D eigenvalue weighted by Crippen LogP contribution is 2.36. The molecule has 0 amide bonds. The summed E-state index contributed by atoms with van der Waals surface area (Å²) in [5.41, 5.74) is 4.45. The van der Waals surface area contributed by atoms with Crippen molar-refractivity contribution in [2.24, 2.45) is 5.14 Å². The van der Waals surface area contributed by atoms with Gasteiger partial charge in [-0.25, -0.2) is 18.5 Å². The van der Waals surface area contributed by atoms with E-state index in [9.17, 15) is 8.42 Å². The summed E-state index contributed by atoms with van der Waals surface area (Å²) < 4.78 is 23.3. The molecule has 1 aliphatic rings. The van der Waals surface area contributed by atoms with Gasteiger partial charge in [0.05, 0.1) is 5.69 Å². The van der Waals surface area contributed by atoms with Gasteiger partial charge in [0, 0.05) is 19.0 Å². The van der Waals surface area contributed by atoms with Gasteiger partial charge < -0.3 is 4.90 Å². The third-order valence-electron chi connectivity index (χ3n) is 4.33. The quantitative estimate of drug-likeness (QED) is 0.922. The van der Waals surface area contributed by atoms with Crippen molar-refractivity contribution in [2.45, 2.75) is 37.3 Å². The number of aryl methyl sites for hydroxylation is 3. The first-order valence-corrected chi connectivity index (χ1v) is 9.94. The molecular formula is C16H21N3O2S2. The second kappa shape index (κ2) is 5.89. The summed E-state index contributed by atoms with van der Waals surface area (Å²) in [5.74, 6) is 0.456. The zero-order valence-corrected chi connectivity index (χ0v) is 15.2. The van der Waals surface area contributed by atoms with Crippen LogP contribution in [-0.4, -0.2) is 26.5 Å². The molecule has 2 N–H and O–H groups in total. The number of benzene rings is 1. The van der Waals surface area contributed by atoms with Gasteiger partial charge in [-0.1, -0.05) is 35.1 Å². The van der Waals surface area contributed by atoms with Gasteiger partial charge >= 0.3 is 0 Å². The predicted octanol–water partition coefficient (Wildman–Crippen LogP) is 2.71. The van der Waals surface area contributed by atoms with Crippen LogP contribution in [0.3, 0.4) is 0 Å². The maximum Gasteiger partial charge on any atom is 0.249 e. The molecule has 3 rings (SSSR count). The predicted molar refractivity (Wildman–Crippen MR) is 93.7 cm³/mol. The highest BCUT2D eigenvalue weighted by Gasteiger charge is 2.28. The van der Waals surface area contributed by atoms with E-state index in [1.807, 2.05) is 0 Å². The molecule has 23 heavy (non-hydrogen) atoms. The number of anilines is 1. The minimum absolute atomic E-state index is 0.169. The molecule has 0 radical (unpaired) electrons. The average Bonchev–Trinajstić information content (AvgIpc) is 3.04. The molecule has 7 heteroatoms. The van der Waals surface area contributed by atoms with Gasteiger partial charge in [-0.3, -0.25) is 0 Å². The number of rotatable bonds is 3. The monoisotopic (exact) mass is 351 g/mol. The fourth-order valence-corrected chi connectivity index (χ4v) is 5.22. The second-order valence-electron chi connectivity index (χ2n) is 6.21. The summed E-state index contributed by atoms with van der Waals surface area (Å²) in [6.45, 7) is 7.69. The molecule has 2 heterocycles. The Balaban J connectivity index is 1.83. The van der Waals surface area contributed by atoms with Gasteiger partial charge in [-0.15, -0.1) is 0 Å². The van der Waals surface area contributed by atoms with Crippen LogP contribution in [0.15, 0.2) is 22.4 Å². The van der Waals surface area contributed by atoms with Crippen LogP contribution in [0.5, 0.6) is 0 Å². The highest BCUT2D eigenvalue weighted by atomic mass is 32.2. The SMILES string of the molecule is Cc1ccc(C2CCN(c3nc(C)c(S(N)(=O)=O)s3)C2)c(C)c1. The molecule has 0 bridgehead atoms. The summed E-state index contributed by atoms with van der Waals surface area (Å²) in [4.78, 5) is 6.57. The van der Waals surface area contributed by atoms with Crippen LogP contribution in [0.1, 0.15) is 34.7 Å². The van der Waals surface area contributed by atoms with E-state index in [1.165, 1.54) is 28.0 Å². The second-order valence-corrected chi connectivity index (χ2v) is 8.94. The van der Waals surface area contributed by atoms with Gasteiger partial charge in [0.15, 0.2) is 9.34 Å². The third-order valence-corrected chi connectivity index (χ3v) is 7.10. The molecule has 1 aliphatic heterocycles. The normalized spacial score (nSPS) is 18.6. The lowest BCUT2D eigenvalue weighted by atomic mass is 9.93. The van der Waals surface area contributed by atoms with E-state index in [1.54, 1.807) is 6.92 Å². The maximum atomic E-state index is 11.6. The summed E-state index contributed by atoms with van der Waals surface area (Å²) in [5, 5.41) is 5.99. The Bertz CT molecular complexity index is 843. The molecule has 0 spiro atoms. The molecular weight excluding hydrogens is 330 g/mol. The van der Waals surface area contributed by atoms with Crippen molar-refractivity contribution in [3.05, 3.63) is 40.6 Å². The lowest BCUT2D eigenvalue weighted by Crippen LogP contribution is -2.19. The number of hydrogen-bond acceptors (Lipinski definition) is 5. The molecule has 1 atom stereocenters. The van der Waals surface area contributed by atoms with E-state index in [0.717, 1.165) is 24.6 Å². The lowest BCUT2D eigenvalue weighted by molar-refractivity contribution is 0.599. The zero-order valence-electron chi connectivity index (χ0n) is 13.5. The van der Waals surface area contributed by atoms with Crippen LogP contribution >= 0.6 is 11.3 Å². The number of thiazole rings is 1. The van der Waals surface area contributed by atoms with E-state index in [4.69, 9.17) is 5.14 Å². The van der Waals surface area contributed by atoms with Gasteiger partial charge in [0.1, 0.15) is 0 Å². The molecule has 1 saturated heterocycles. The van der Waals surface area contributed by atoms with E-state index in [-0.39, 0.29) is 4.21 Å². The number of aromatic nitrogens is 1. The Hall–Kier alpha value is -1.44. The van der Waals surface area contributed by atoms with Crippen LogP contribution in [0.25, 0.3) is 0 Å². The first-order valence-electron chi connectivity index (χ1n) is 7.58. The zero-order chi connectivity index (χ0) is 16.8. The molecule has 124 valence electrons.